The van der Waals surface area contributed by atoms with Crippen molar-refractivity contribution in [3.8, 4) is 12.1 Å². The molecular formula is C20H10N4O6S. The summed E-state index contributed by atoms with van der Waals surface area (Å²) < 4.78 is 26.6. The van der Waals surface area contributed by atoms with Crippen LogP contribution >= 0.6 is 0 Å². The largest absolute Gasteiger partial charge is 0.269 e. The molecule has 0 bridgehead atoms. The van der Waals surface area contributed by atoms with Gasteiger partial charge in [-0.15, -0.1) is 0 Å². The fourth-order valence-corrected chi connectivity index (χ4v) is 4.56. The molecular weight excluding hydrogens is 424 g/mol. The number of sulfone groups is 1. The van der Waals surface area contributed by atoms with Crippen molar-refractivity contribution < 1.29 is 18.3 Å². The van der Waals surface area contributed by atoms with Gasteiger partial charge in [0.05, 0.1) is 19.7 Å². The third-order valence-corrected chi connectivity index (χ3v) is 6.25. The summed E-state index contributed by atoms with van der Waals surface area (Å²) >= 11 is 0. The quantitative estimate of drug-likeness (QED) is 0.399. The number of non-ortho nitro benzene ring substituents is 2. The molecule has 1 heterocycles. The molecule has 10 nitrogen and oxygen atoms in total. The van der Waals surface area contributed by atoms with Crippen LogP contribution in [0.25, 0.3) is 9.81 Å². The van der Waals surface area contributed by atoms with Crippen molar-refractivity contribution in [2.24, 2.45) is 0 Å². The highest BCUT2D eigenvalue weighted by Crippen LogP contribution is 2.39. The third kappa shape index (κ3) is 3.94. The Balaban J connectivity index is 2.24. The van der Waals surface area contributed by atoms with E-state index < -0.39 is 19.7 Å². The average molecular weight is 434 g/mol. The second kappa shape index (κ2) is 8.02. The van der Waals surface area contributed by atoms with Gasteiger partial charge in [-0.2, -0.15) is 10.5 Å². The molecule has 2 aromatic carbocycles. The molecule has 0 aromatic heterocycles. The van der Waals surface area contributed by atoms with Crippen LogP contribution in [-0.4, -0.2) is 18.3 Å². The van der Waals surface area contributed by atoms with Gasteiger partial charge in [0, 0.05) is 29.8 Å². The monoisotopic (exact) mass is 434 g/mol. The van der Waals surface area contributed by atoms with E-state index in [0.717, 1.165) is 36.4 Å². The number of nitro benzene ring substituents is 2. The van der Waals surface area contributed by atoms with Gasteiger partial charge in [0.2, 0.25) is 9.84 Å². The van der Waals surface area contributed by atoms with E-state index in [1.807, 2.05) is 0 Å². The van der Waals surface area contributed by atoms with E-state index in [4.69, 9.17) is 0 Å². The van der Waals surface area contributed by atoms with Gasteiger partial charge in [-0.1, -0.05) is 0 Å². The number of nitrogens with zero attached hydrogens (tertiary/aromatic N) is 4. The molecule has 152 valence electrons. The average Bonchev–Trinajstić information content (AvgIpc) is 2.75. The zero-order valence-corrected chi connectivity index (χ0v) is 16.2. The summed E-state index contributed by atoms with van der Waals surface area (Å²) in [5.74, 6) is 0. The topological polar surface area (TPSA) is 168 Å². The molecule has 11 heteroatoms. The van der Waals surface area contributed by atoms with Crippen LogP contribution in [0, 0.1) is 42.9 Å². The van der Waals surface area contributed by atoms with Gasteiger partial charge in [-0.05, 0) is 47.5 Å². The van der Waals surface area contributed by atoms with Crippen LogP contribution in [0.2, 0.25) is 0 Å². The highest BCUT2D eigenvalue weighted by molar-refractivity contribution is 8.09. The van der Waals surface area contributed by atoms with Crippen LogP contribution in [0.4, 0.5) is 11.4 Å². The maximum absolute atomic E-state index is 13.3. The van der Waals surface area contributed by atoms with Gasteiger partial charge in [-0.25, -0.2) is 8.42 Å². The van der Waals surface area contributed by atoms with E-state index in [1.165, 1.54) is 24.3 Å². The van der Waals surface area contributed by atoms with Crippen LogP contribution in [0.5, 0.6) is 0 Å². The molecule has 0 fully saturated rings. The molecule has 0 saturated carbocycles. The minimum absolute atomic E-state index is 0.0292. The summed E-state index contributed by atoms with van der Waals surface area (Å²) in [5.41, 5.74) is -0.560. The molecule has 0 N–H and O–H groups in total. The molecule has 0 amide bonds. The zero-order chi connectivity index (χ0) is 22.8. The molecule has 0 radical (unpaired) electrons. The number of hydrogen-bond donors (Lipinski definition) is 0. The summed E-state index contributed by atoms with van der Waals surface area (Å²) in [5, 5.41) is 40.2. The molecule has 0 aliphatic carbocycles. The lowest BCUT2D eigenvalue weighted by atomic mass is 10.0. The number of hydrogen-bond acceptors (Lipinski definition) is 8. The molecule has 0 atom stereocenters. The van der Waals surface area contributed by atoms with E-state index in [-0.39, 0.29) is 43.5 Å². The fraction of sp³-hybridized carbons (Fsp3) is 0. The normalized spacial score (nSPS) is 14.5. The first-order chi connectivity index (χ1) is 14.7. The Morgan fingerprint density at radius 2 is 1.10 bits per heavy atom. The minimum atomic E-state index is -4.19. The lowest BCUT2D eigenvalue weighted by molar-refractivity contribution is -0.385. The summed E-state index contributed by atoms with van der Waals surface area (Å²) in [6.45, 7) is 0. The Hall–Kier alpha value is -4.61. The number of benzene rings is 2. The van der Waals surface area contributed by atoms with Crippen molar-refractivity contribution in [1.29, 1.82) is 10.5 Å². The highest BCUT2D eigenvalue weighted by atomic mass is 32.2. The molecule has 31 heavy (non-hydrogen) atoms. The first-order valence-corrected chi connectivity index (χ1v) is 9.90. The molecule has 0 unspecified atom stereocenters. The highest BCUT2D eigenvalue weighted by Gasteiger charge is 2.31. The van der Waals surface area contributed by atoms with Crippen molar-refractivity contribution in [1.82, 2.24) is 0 Å². The first-order valence-electron chi connectivity index (χ1n) is 8.41. The summed E-state index contributed by atoms with van der Waals surface area (Å²) in [4.78, 5) is 20.0. The molecule has 1 aliphatic rings. The maximum Gasteiger partial charge on any atom is 0.269 e. The molecule has 0 saturated heterocycles. The molecule has 2 aromatic rings. The Labute approximate surface area is 175 Å². The van der Waals surface area contributed by atoms with Gasteiger partial charge in [0.1, 0.15) is 17.7 Å². The fourth-order valence-electron chi connectivity index (χ4n) is 2.87. The zero-order valence-electron chi connectivity index (χ0n) is 15.4. The van der Waals surface area contributed by atoms with Gasteiger partial charge < -0.3 is 0 Å². The Morgan fingerprint density at radius 3 is 1.39 bits per heavy atom. The van der Waals surface area contributed by atoms with Gasteiger partial charge in [0.25, 0.3) is 11.4 Å². The van der Waals surface area contributed by atoms with Crippen LogP contribution in [0.15, 0.2) is 71.8 Å². The van der Waals surface area contributed by atoms with Crippen LogP contribution in [-0.2, 0) is 9.84 Å². The van der Waals surface area contributed by atoms with Crippen molar-refractivity contribution in [3.05, 3.63) is 103 Å². The van der Waals surface area contributed by atoms with Crippen molar-refractivity contribution in [2.45, 2.75) is 0 Å². The van der Waals surface area contributed by atoms with Gasteiger partial charge in [-0.3, -0.25) is 20.2 Å². The van der Waals surface area contributed by atoms with Crippen molar-refractivity contribution >= 4 is 31.0 Å². The smallest absolute Gasteiger partial charge is 0.258 e. The van der Waals surface area contributed by atoms with E-state index in [0.29, 0.717) is 0 Å². The number of allylic oxidation sites excluding steroid dienone is 4. The lowest BCUT2D eigenvalue weighted by Crippen LogP contribution is -2.11. The predicted octanol–water partition coefficient (Wildman–Crippen LogP) is 3.66. The van der Waals surface area contributed by atoms with Crippen molar-refractivity contribution in [3.63, 3.8) is 0 Å². The third-order valence-electron chi connectivity index (χ3n) is 4.39. The Morgan fingerprint density at radius 1 is 0.742 bits per heavy atom. The molecule has 0 spiro atoms. The second-order valence-electron chi connectivity index (χ2n) is 6.18. The van der Waals surface area contributed by atoms with E-state index >= 15 is 0 Å². The number of nitro groups is 2. The van der Waals surface area contributed by atoms with Crippen molar-refractivity contribution in [2.75, 3.05) is 0 Å². The minimum Gasteiger partial charge on any atom is -0.258 e. The summed E-state index contributed by atoms with van der Waals surface area (Å²) in [7, 11) is -4.19. The molecule has 3 rings (SSSR count). The molecule has 1 aliphatic heterocycles. The van der Waals surface area contributed by atoms with E-state index in [1.54, 1.807) is 12.1 Å². The SMILES string of the molecule is N#CC(C#N)=C1C=C(c2ccc([N+](=O)[O-])cc2)S(=O)(=O)C(c2ccc([N+](=O)[O-])cc2)=C1. The van der Waals surface area contributed by atoms with Gasteiger partial charge in [0.15, 0.2) is 0 Å². The van der Waals surface area contributed by atoms with E-state index in [2.05, 4.69) is 0 Å². The Bertz CT molecular complexity index is 1290. The first kappa shape index (κ1) is 21.1. The standard InChI is InChI=1S/C20H10N4O6S/c21-11-16(12-22)15-9-19(13-1-5-17(6-2-13)23(25)26)31(29,30)20(10-15)14-3-7-18(8-4-14)24(27)28/h1-10H. The number of rotatable bonds is 4. The van der Waals surface area contributed by atoms with Crippen LogP contribution in [0.1, 0.15) is 11.1 Å². The number of nitriles is 2. The second-order valence-corrected chi connectivity index (χ2v) is 8.07. The Kier molecular flexibility index (Phi) is 5.46. The lowest BCUT2D eigenvalue weighted by Gasteiger charge is -2.18. The van der Waals surface area contributed by atoms with E-state index in [9.17, 15) is 39.2 Å². The van der Waals surface area contributed by atoms with Crippen LogP contribution in [0.3, 0.4) is 0 Å². The summed E-state index contributed by atoms with van der Waals surface area (Å²) in [6, 6.07) is 12.9. The maximum atomic E-state index is 13.3. The van der Waals surface area contributed by atoms with Gasteiger partial charge >= 0.3 is 0 Å². The van der Waals surface area contributed by atoms with Crippen LogP contribution < -0.4 is 0 Å². The predicted molar refractivity (Wildman–Crippen MR) is 109 cm³/mol. The summed E-state index contributed by atoms with van der Waals surface area (Å²) in [6.07, 6.45) is 2.29.